The molecule has 16 heavy (non-hydrogen) atoms. The molecule has 2 N–H and O–H groups in total. The first kappa shape index (κ1) is 13.3. The summed E-state index contributed by atoms with van der Waals surface area (Å²) in [4.78, 5) is 2.34. The van der Waals surface area contributed by atoms with Crippen LogP contribution in [0.3, 0.4) is 0 Å². The zero-order chi connectivity index (χ0) is 12.1. The first-order valence-corrected chi connectivity index (χ1v) is 6.22. The van der Waals surface area contributed by atoms with E-state index in [2.05, 4.69) is 47.3 Å². The third-order valence-electron chi connectivity index (χ3n) is 2.54. The number of nitrogen functional groups attached to an aromatic ring is 1. The number of halogens is 1. The van der Waals surface area contributed by atoms with E-state index in [1.807, 2.05) is 18.2 Å². The summed E-state index contributed by atoms with van der Waals surface area (Å²) in [6.07, 6.45) is 1.93. The molecular formula is C13H19BrN2. The minimum absolute atomic E-state index is 0.503. The molecule has 0 heterocycles. The van der Waals surface area contributed by atoms with E-state index in [1.165, 1.54) is 5.56 Å². The summed E-state index contributed by atoms with van der Waals surface area (Å²) in [5.74, 6) is 0. The first-order valence-electron chi connectivity index (χ1n) is 5.43. The SMILES string of the molecule is C=CCN(Cc1ccc(Br)c(N)c1)C(C)C. The van der Waals surface area contributed by atoms with Crippen molar-refractivity contribution in [2.75, 3.05) is 12.3 Å². The second-order valence-corrected chi connectivity index (χ2v) is 5.02. The Balaban J connectivity index is 2.77. The molecule has 0 saturated heterocycles. The molecule has 2 nitrogen and oxygen atoms in total. The molecule has 1 rings (SSSR count). The monoisotopic (exact) mass is 282 g/mol. The Morgan fingerprint density at radius 2 is 2.19 bits per heavy atom. The van der Waals surface area contributed by atoms with Gasteiger partial charge in [-0.05, 0) is 47.5 Å². The van der Waals surface area contributed by atoms with Crippen molar-refractivity contribution in [1.82, 2.24) is 4.90 Å². The fourth-order valence-electron chi connectivity index (χ4n) is 1.55. The number of hydrogen-bond donors (Lipinski definition) is 1. The second-order valence-electron chi connectivity index (χ2n) is 4.17. The molecule has 0 atom stereocenters. The van der Waals surface area contributed by atoms with Gasteiger partial charge in [0, 0.05) is 29.3 Å². The van der Waals surface area contributed by atoms with Crippen LogP contribution in [0.5, 0.6) is 0 Å². The molecule has 3 heteroatoms. The van der Waals surface area contributed by atoms with Crippen LogP contribution in [-0.2, 0) is 6.54 Å². The van der Waals surface area contributed by atoms with Crippen LogP contribution >= 0.6 is 15.9 Å². The number of anilines is 1. The van der Waals surface area contributed by atoms with Gasteiger partial charge >= 0.3 is 0 Å². The molecule has 1 aromatic carbocycles. The minimum atomic E-state index is 0.503. The molecule has 0 aliphatic heterocycles. The van der Waals surface area contributed by atoms with Crippen molar-refractivity contribution in [3.63, 3.8) is 0 Å². The predicted octanol–water partition coefficient (Wildman–Crippen LogP) is 3.43. The van der Waals surface area contributed by atoms with Gasteiger partial charge in [0.2, 0.25) is 0 Å². The Hall–Kier alpha value is -0.800. The molecule has 88 valence electrons. The molecule has 0 radical (unpaired) electrons. The zero-order valence-corrected chi connectivity index (χ0v) is 11.5. The lowest BCUT2D eigenvalue weighted by Crippen LogP contribution is -2.30. The summed E-state index contributed by atoms with van der Waals surface area (Å²) >= 11 is 3.40. The van der Waals surface area contributed by atoms with E-state index < -0.39 is 0 Å². The van der Waals surface area contributed by atoms with Crippen LogP contribution in [0.1, 0.15) is 19.4 Å². The molecule has 0 fully saturated rings. The highest BCUT2D eigenvalue weighted by molar-refractivity contribution is 9.10. The summed E-state index contributed by atoms with van der Waals surface area (Å²) in [7, 11) is 0. The van der Waals surface area contributed by atoms with Gasteiger partial charge < -0.3 is 5.73 Å². The van der Waals surface area contributed by atoms with Gasteiger partial charge in [-0.1, -0.05) is 12.1 Å². The number of nitrogens with zero attached hydrogens (tertiary/aromatic N) is 1. The Bertz CT molecular complexity index is 361. The van der Waals surface area contributed by atoms with Crippen LogP contribution in [0.4, 0.5) is 5.69 Å². The van der Waals surface area contributed by atoms with Crippen molar-refractivity contribution in [2.45, 2.75) is 26.4 Å². The van der Waals surface area contributed by atoms with Gasteiger partial charge in [0.1, 0.15) is 0 Å². The van der Waals surface area contributed by atoms with Gasteiger partial charge in [-0.25, -0.2) is 0 Å². The van der Waals surface area contributed by atoms with E-state index in [1.54, 1.807) is 0 Å². The highest BCUT2D eigenvalue weighted by Crippen LogP contribution is 2.21. The van der Waals surface area contributed by atoms with Gasteiger partial charge in [0.15, 0.2) is 0 Å². The highest BCUT2D eigenvalue weighted by atomic mass is 79.9. The lowest BCUT2D eigenvalue weighted by Gasteiger charge is -2.25. The quantitative estimate of drug-likeness (QED) is 0.662. The van der Waals surface area contributed by atoms with Crippen LogP contribution in [0, 0.1) is 0 Å². The fraction of sp³-hybridized carbons (Fsp3) is 0.385. The summed E-state index contributed by atoms with van der Waals surface area (Å²) in [5, 5.41) is 0. The Morgan fingerprint density at radius 3 is 2.69 bits per heavy atom. The van der Waals surface area contributed by atoms with E-state index in [4.69, 9.17) is 5.73 Å². The summed E-state index contributed by atoms with van der Waals surface area (Å²) in [6, 6.07) is 6.61. The normalized spacial score (nSPS) is 11.1. The Labute approximate surface area is 106 Å². The predicted molar refractivity (Wildman–Crippen MR) is 74.3 cm³/mol. The standard InChI is InChI=1S/C13H19BrN2/c1-4-7-16(10(2)3)9-11-5-6-12(14)13(15)8-11/h4-6,8,10H,1,7,9,15H2,2-3H3. The van der Waals surface area contributed by atoms with Gasteiger partial charge in [-0.2, -0.15) is 0 Å². The first-order chi connectivity index (χ1) is 7.54. The molecule has 0 saturated carbocycles. The molecular weight excluding hydrogens is 264 g/mol. The Morgan fingerprint density at radius 1 is 1.50 bits per heavy atom. The fourth-order valence-corrected chi connectivity index (χ4v) is 1.80. The summed E-state index contributed by atoms with van der Waals surface area (Å²) in [5.41, 5.74) is 7.88. The molecule has 0 aliphatic rings. The maximum absolute atomic E-state index is 5.86. The Kier molecular flexibility index (Phi) is 5.03. The van der Waals surface area contributed by atoms with Crippen molar-refractivity contribution < 1.29 is 0 Å². The topological polar surface area (TPSA) is 29.3 Å². The van der Waals surface area contributed by atoms with Crippen LogP contribution in [0.15, 0.2) is 35.3 Å². The van der Waals surface area contributed by atoms with Crippen LogP contribution in [0.2, 0.25) is 0 Å². The average Bonchev–Trinajstić information content (AvgIpc) is 2.22. The minimum Gasteiger partial charge on any atom is -0.398 e. The van der Waals surface area contributed by atoms with Crippen molar-refractivity contribution in [3.8, 4) is 0 Å². The van der Waals surface area contributed by atoms with E-state index in [0.29, 0.717) is 6.04 Å². The summed E-state index contributed by atoms with van der Waals surface area (Å²) < 4.78 is 0.955. The van der Waals surface area contributed by atoms with Gasteiger partial charge in [-0.3, -0.25) is 4.90 Å². The second kappa shape index (κ2) is 6.06. The molecule has 0 spiro atoms. The average molecular weight is 283 g/mol. The lowest BCUT2D eigenvalue weighted by atomic mass is 10.1. The largest absolute Gasteiger partial charge is 0.398 e. The van der Waals surface area contributed by atoms with Crippen LogP contribution in [0.25, 0.3) is 0 Å². The van der Waals surface area contributed by atoms with E-state index in [0.717, 1.165) is 23.2 Å². The molecule has 0 bridgehead atoms. The molecule has 1 aromatic rings. The van der Waals surface area contributed by atoms with Crippen molar-refractivity contribution >= 4 is 21.6 Å². The van der Waals surface area contributed by atoms with E-state index in [-0.39, 0.29) is 0 Å². The van der Waals surface area contributed by atoms with Gasteiger partial charge in [0.25, 0.3) is 0 Å². The maximum Gasteiger partial charge on any atom is 0.0461 e. The van der Waals surface area contributed by atoms with Crippen LogP contribution in [-0.4, -0.2) is 17.5 Å². The summed E-state index contributed by atoms with van der Waals surface area (Å²) in [6.45, 7) is 9.96. The lowest BCUT2D eigenvalue weighted by molar-refractivity contribution is 0.237. The number of hydrogen-bond acceptors (Lipinski definition) is 2. The highest BCUT2D eigenvalue weighted by Gasteiger charge is 2.08. The molecule has 0 unspecified atom stereocenters. The maximum atomic E-state index is 5.86. The third-order valence-corrected chi connectivity index (χ3v) is 3.26. The van der Waals surface area contributed by atoms with Crippen molar-refractivity contribution in [1.29, 1.82) is 0 Å². The van der Waals surface area contributed by atoms with Crippen molar-refractivity contribution in [3.05, 3.63) is 40.9 Å². The van der Waals surface area contributed by atoms with E-state index in [9.17, 15) is 0 Å². The number of benzene rings is 1. The van der Waals surface area contributed by atoms with Gasteiger partial charge in [-0.15, -0.1) is 6.58 Å². The molecule has 0 amide bonds. The van der Waals surface area contributed by atoms with E-state index >= 15 is 0 Å². The molecule has 0 aliphatic carbocycles. The third kappa shape index (κ3) is 3.65. The van der Waals surface area contributed by atoms with Gasteiger partial charge in [0.05, 0.1) is 0 Å². The van der Waals surface area contributed by atoms with Crippen molar-refractivity contribution in [2.24, 2.45) is 0 Å². The zero-order valence-electron chi connectivity index (χ0n) is 9.91. The van der Waals surface area contributed by atoms with Crippen LogP contribution < -0.4 is 5.73 Å². The molecule has 0 aromatic heterocycles. The number of rotatable bonds is 5. The smallest absolute Gasteiger partial charge is 0.0461 e. The number of nitrogens with two attached hydrogens (primary N) is 1.